The van der Waals surface area contributed by atoms with Crippen LogP contribution in [0.3, 0.4) is 0 Å². The molecule has 3 fully saturated rings. The molecule has 0 aromatic heterocycles. The van der Waals surface area contributed by atoms with E-state index in [4.69, 9.17) is 4.74 Å². The van der Waals surface area contributed by atoms with E-state index in [0.29, 0.717) is 24.2 Å². The van der Waals surface area contributed by atoms with Crippen LogP contribution in [0.25, 0.3) is 0 Å². The van der Waals surface area contributed by atoms with Gasteiger partial charge in [-0.1, -0.05) is 15.9 Å². The summed E-state index contributed by atoms with van der Waals surface area (Å²) in [7, 11) is -1.91. The first-order valence-electron chi connectivity index (χ1n) is 6.38. The topological polar surface area (TPSA) is 60.4 Å². The van der Waals surface area contributed by atoms with Gasteiger partial charge in [0.05, 0.1) is 23.2 Å². The first-order valence-corrected chi connectivity index (χ1v) is 8.82. The van der Waals surface area contributed by atoms with Gasteiger partial charge in [-0.15, -0.1) is 0 Å². The van der Waals surface area contributed by atoms with Crippen LogP contribution in [-0.2, 0) is 19.4 Å². The third kappa shape index (κ3) is 2.00. The van der Waals surface area contributed by atoms with Gasteiger partial charge < -0.3 is 4.74 Å². The van der Waals surface area contributed by atoms with Crippen molar-refractivity contribution in [3.8, 4) is 0 Å². The Morgan fingerprint density at radius 1 is 1.25 bits per heavy atom. The fraction of sp³-hybridized carbons (Fsp3) is 0.500. The molecule has 4 rings (SSSR count). The van der Waals surface area contributed by atoms with Crippen LogP contribution < -0.4 is 0 Å². The maximum Gasteiger partial charge on any atom is 0.311 e. The average molecular weight is 359 g/mol. The van der Waals surface area contributed by atoms with Crippen molar-refractivity contribution in [2.45, 2.75) is 24.2 Å². The Bertz CT molecular complexity index is 643. The van der Waals surface area contributed by atoms with E-state index >= 15 is 0 Å². The van der Waals surface area contributed by atoms with Gasteiger partial charge in [0.25, 0.3) is 0 Å². The Morgan fingerprint density at radius 3 is 2.30 bits per heavy atom. The predicted molar refractivity (Wildman–Crippen MR) is 76.9 cm³/mol. The van der Waals surface area contributed by atoms with Crippen LogP contribution in [0.5, 0.6) is 0 Å². The van der Waals surface area contributed by atoms with E-state index in [1.165, 1.54) is 7.11 Å². The molecule has 3 saturated carbocycles. The van der Waals surface area contributed by atoms with Crippen LogP contribution in [0.1, 0.15) is 19.3 Å². The fourth-order valence-corrected chi connectivity index (χ4v) is 5.81. The molecule has 0 N–H and O–H groups in total. The molecule has 6 heteroatoms. The minimum atomic E-state index is -3.29. The summed E-state index contributed by atoms with van der Waals surface area (Å²) in [5.74, 6) is -0.0687. The molecule has 0 amide bonds. The van der Waals surface area contributed by atoms with Crippen molar-refractivity contribution < 1.29 is 17.9 Å². The summed E-state index contributed by atoms with van der Waals surface area (Å²) >= 11 is 3.29. The van der Waals surface area contributed by atoms with Gasteiger partial charge >= 0.3 is 5.97 Å². The van der Waals surface area contributed by atoms with Crippen molar-refractivity contribution in [2.75, 3.05) is 12.9 Å². The Morgan fingerprint density at radius 2 is 1.80 bits per heavy atom. The third-order valence-electron chi connectivity index (χ3n) is 4.43. The molecule has 0 radical (unpaired) electrons. The number of hydrogen-bond acceptors (Lipinski definition) is 4. The molecule has 1 aromatic carbocycles. The first-order chi connectivity index (χ1) is 9.31. The lowest BCUT2D eigenvalue weighted by atomic mass is 9.36. The van der Waals surface area contributed by atoms with Crippen LogP contribution >= 0.6 is 15.9 Å². The fourth-order valence-electron chi connectivity index (χ4n) is 3.71. The summed E-state index contributed by atoms with van der Waals surface area (Å²) < 4.78 is 30.4. The van der Waals surface area contributed by atoms with Crippen molar-refractivity contribution >= 4 is 31.7 Å². The molecular weight excluding hydrogens is 344 g/mol. The minimum Gasteiger partial charge on any atom is -0.469 e. The first kappa shape index (κ1) is 14.1. The van der Waals surface area contributed by atoms with Gasteiger partial charge in [0, 0.05) is 4.47 Å². The quantitative estimate of drug-likeness (QED) is 0.776. The average Bonchev–Trinajstić information content (AvgIpc) is 2.31. The highest BCUT2D eigenvalue weighted by Crippen LogP contribution is 2.74. The van der Waals surface area contributed by atoms with Crippen molar-refractivity contribution in [2.24, 2.45) is 10.8 Å². The smallest absolute Gasteiger partial charge is 0.311 e. The van der Waals surface area contributed by atoms with E-state index in [1.54, 1.807) is 24.3 Å². The molecule has 0 aliphatic heterocycles. The van der Waals surface area contributed by atoms with Gasteiger partial charge in [0.2, 0.25) is 0 Å². The van der Waals surface area contributed by atoms with E-state index in [1.807, 2.05) is 0 Å². The highest BCUT2D eigenvalue weighted by Gasteiger charge is 2.72. The highest BCUT2D eigenvalue weighted by molar-refractivity contribution is 9.10. The van der Waals surface area contributed by atoms with E-state index in [9.17, 15) is 13.2 Å². The maximum absolute atomic E-state index is 12.4. The summed E-state index contributed by atoms with van der Waals surface area (Å²) in [5, 5.41) is 0. The van der Waals surface area contributed by atoms with Crippen LogP contribution in [0.2, 0.25) is 0 Å². The Balaban J connectivity index is 1.72. The van der Waals surface area contributed by atoms with Gasteiger partial charge in [0.1, 0.15) is 0 Å². The second-order valence-corrected chi connectivity index (χ2v) is 8.92. The monoisotopic (exact) mass is 358 g/mol. The second kappa shape index (κ2) is 4.31. The molecule has 0 saturated heterocycles. The van der Waals surface area contributed by atoms with Crippen molar-refractivity contribution in [1.29, 1.82) is 0 Å². The van der Waals surface area contributed by atoms with Gasteiger partial charge in [-0.3, -0.25) is 4.79 Å². The standard InChI is InChI=1S/C14H15BrO4S/c1-19-12(16)14-6-13(7-14,8-14)9-20(17,18)11-4-2-10(15)3-5-11/h2-5H,6-9H2,1H3. The molecule has 20 heavy (non-hydrogen) atoms. The molecule has 108 valence electrons. The minimum absolute atomic E-state index is 0.125. The second-order valence-electron chi connectivity index (χ2n) is 6.02. The molecule has 3 aliphatic rings. The Hall–Kier alpha value is -0.880. The molecule has 3 aliphatic carbocycles. The van der Waals surface area contributed by atoms with Gasteiger partial charge in [-0.2, -0.15) is 0 Å². The van der Waals surface area contributed by atoms with Crippen molar-refractivity contribution in [3.05, 3.63) is 28.7 Å². The number of methoxy groups -OCH3 is 1. The summed E-state index contributed by atoms with van der Waals surface area (Å²) in [6.07, 6.45) is 1.92. The SMILES string of the molecule is COC(=O)C12CC(CS(=O)(=O)c3ccc(Br)cc3)(C1)C2. The summed E-state index contributed by atoms with van der Waals surface area (Å²) in [5.41, 5.74) is -0.593. The number of rotatable bonds is 4. The number of halogens is 1. The van der Waals surface area contributed by atoms with E-state index < -0.39 is 9.84 Å². The molecule has 4 nitrogen and oxygen atoms in total. The van der Waals surface area contributed by atoms with Crippen LogP contribution in [0.15, 0.2) is 33.6 Å². The van der Waals surface area contributed by atoms with Crippen LogP contribution in [0, 0.1) is 10.8 Å². The van der Waals surface area contributed by atoms with Crippen molar-refractivity contribution in [3.63, 3.8) is 0 Å². The highest BCUT2D eigenvalue weighted by atomic mass is 79.9. The van der Waals surface area contributed by atoms with Gasteiger partial charge in [-0.25, -0.2) is 8.42 Å². The van der Waals surface area contributed by atoms with E-state index in [0.717, 1.165) is 4.47 Å². The van der Waals surface area contributed by atoms with Crippen LogP contribution in [-0.4, -0.2) is 27.2 Å². The molecule has 0 unspecified atom stereocenters. The molecular formula is C14H15BrO4S. The number of hydrogen-bond donors (Lipinski definition) is 0. The number of esters is 1. The molecule has 0 heterocycles. The lowest BCUT2D eigenvalue weighted by molar-refractivity contribution is -0.217. The van der Waals surface area contributed by atoms with Gasteiger partial charge in [-0.05, 0) is 48.9 Å². The van der Waals surface area contributed by atoms with Crippen LogP contribution in [0.4, 0.5) is 0 Å². The van der Waals surface area contributed by atoms with Gasteiger partial charge in [0.15, 0.2) is 9.84 Å². The largest absolute Gasteiger partial charge is 0.469 e. The zero-order chi connectivity index (χ0) is 14.6. The summed E-state index contributed by atoms with van der Waals surface area (Å²) in [6.45, 7) is 0. The zero-order valence-corrected chi connectivity index (χ0v) is 13.5. The van der Waals surface area contributed by atoms with Crippen molar-refractivity contribution in [1.82, 2.24) is 0 Å². The van der Waals surface area contributed by atoms with E-state index in [-0.39, 0.29) is 22.6 Å². The Labute approximate surface area is 126 Å². The molecule has 0 atom stereocenters. The normalized spacial score (nSPS) is 31.1. The summed E-state index contributed by atoms with van der Waals surface area (Å²) in [6, 6.07) is 6.68. The number of sulfone groups is 1. The number of ether oxygens (including phenoxy) is 1. The van der Waals surface area contributed by atoms with E-state index in [2.05, 4.69) is 15.9 Å². The molecule has 0 spiro atoms. The molecule has 1 aromatic rings. The summed E-state index contributed by atoms with van der Waals surface area (Å²) in [4.78, 5) is 11.9. The lowest BCUT2D eigenvalue weighted by Gasteiger charge is -2.68. The number of carbonyl (C=O) groups excluding carboxylic acids is 1. The third-order valence-corrected chi connectivity index (χ3v) is 6.94. The predicted octanol–water partition coefficient (Wildman–Crippen LogP) is 2.57. The Kier molecular flexibility index (Phi) is 3.03. The number of carbonyl (C=O) groups is 1. The zero-order valence-electron chi connectivity index (χ0n) is 11.1. The number of benzene rings is 1. The lowest BCUT2D eigenvalue weighted by Crippen LogP contribution is -2.67. The maximum atomic E-state index is 12.4. The molecule has 2 bridgehead atoms.